The number of nitrogens with two attached hydrogens (primary N) is 1. The SMILES string of the molecule is CC(=O)OC[C@H]1O[C@@H](n2cc(I)c(N)nc2=O)[C@H](Cl)[C@@H]1OC(C)=O. The first-order chi connectivity index (χ1) is 11.2. The molecule has 2 rings (SSSR count). The zero-order valence-corrected chi connectivity index (χ0v) is 15.7. The average molecular weight is 472 g/mol. The number of aromatic nitrogens is 2. The molecule has 132 valence electrons. The van der Waals surface area contributed by atoms with Crippen LogP contribution in [-0.2, 0) is 23.8 Å². The fourth-order valence-corrected chi connectivity index (χ4v) is 3.04. The van der Waals surface area contributed by atoms with Gasteiger partial charge in [-0.3, -0.25) is 14.2 Å². The van der Waals surface area contributed by atoms with Crippen LogP contribution in [0.25, 0.3) is 0 Å². The van der Waals surface area contributed by atoms with Crippen LogP contribution in [0.4, 0.5) is 5.82 Å². The minimum absolute atomic E-state index is 0.0916. The highest BCUT2D eigenvalue weighted by atomic mass is 127. The van der Waals surface area contributed by atoms with Crippen molar-refractivity contribution < 1.29 is 23.8 Å². The van der Waals surface area contributed by atoms with Crippen molar-refractivity contribution in [2.24, 2.45) is 0 Å². The normalized spacial score (nSPS) is 26.2. The van der Waals surface area contributed by atoms with Gasteiger partial charge in [-0.2, -0.15) is 4.98 Å². The number of rotatable bonds is 4. The van der Waals surface area contributed by atoms with Crippen LogP contribution in [0.3, 0.4) is 0 Å². The number of carbonyl (C=O) groups excluding carboxylic acids is 2. The van der Waals surface area contributed by atoms with E-state index in [1.165, 1.54) is 24.6 Å². The minimum Gasteiger partial charge on any atom is -0.463 e. The van der Waals surface area contributed by atoms with Crippen LogP contribution in [0.15, 0.2) is 11.0 Å². The van der Waals surface area contributed by atoms with Crippen molar-refractivity contribution in [3.05, 3.63) is 20.3 Å². The summed E-state index contributed by atoms with van der Waals surface area (Å²) in [5, 5.41) is -0.881. The molecule has 2 heterocycles. The third kappa shape index (κ3) is 4.16. The van der Waals surface area contributed by atoms with Crippen LogP contribution in [0.5, 0.6) is 0 Å². The van der Waals surface area contributed by atoms with Gasteiger partial charge in [-0.1, -0.05) is 0 Å². The quantitative estimate of drug-likeness (QED) is 0.381. The van der Waals surface area contributed by atoms with E-state index < -0.39 is 41.4 Å². The van der Waals surface area contributed by atoms with Gasteiger partial charge in [0.15, 0.2) is 12.3 Å². The first-order valence-electron chi connectivity index (χ1n) is 6.85. The standard InChI is InChI=1S/C13H15ClIN3O6/c1-5(19)22-4-8-10(23-6(2)20)9(14)12(24-8)18-3-7(15)11(16)17-13(18)21/h3,8-10,12H,4H2,1-2H3,(H2,16,17,21)/t8-,9-,10-,12-/m1/s1. The fourth-order valence-electron chi connectivity index (χ4n) is 2.22. The van der Waals surface area contributed by atoms with Crippen LogP contribution < -0.4 is 11.4 Å². The molecule has 0 bridgehead atoms. The summed E-state index contributed by atoms with van der Waals surface area (Å²) in [6, 6.07) is 0. The number of esters is 2. The Morgan fingerprint density at radius 2 is 2.12 bits per heavy atom. The van der Waals surface area contributed by atoms with Gasteiger partial charge in [-0.05, 0) is 22.6 Å². The third-order valence-electron chi connectivity index (χ3n) is 3.23. The van der Waals surface area contributed by atoms with E-state index in [0.717, 1.165) is 0 Å². The molecule has 4 atom stereocenters. The zero-order valence-electron chi connectivity index (χ0n) is 12.8. The van der Waals surface area contributed by atoms with Gasteiger partial charge < -0.3 is 19.9 Å². The summed E-state index contributed by atoms with van der Waals surface area (Å²) in [5.41, 5.74) is 4.94. The Bertz CT molecular complexity index is 711. The Morgan fingerprint density at radius 3 is 2.71 bits per heavy atom. The summed E-state index contributed by atoms with van der Waals surface area (Å²) >= 11 is 8.25. The highest BCUT2D eigenvalue weighted by Crippen LogP contribution is 2.35. The Hall–Kier alpha value is -1.40. The topological polar surface area (TPSA) is 123 Å². The number of ether oxygens (including phenoxy) is 3. The van der Waals surface area contributed by atoms with Crippen molar-refractivity contribution in [1.82, 2.24) is 9.55 Å². The molecule has 1 aromatic rings. The Morgan fingerprint density at radius 1 is 1.46 bits per heavy atom. The van der Waals surface area contributed by atoms with E-state index in [2.05, 4.69) is 4.98 Å². The molecule has 0 unspecified atom stereocenters. The van der Waals surface area contributed by atoms with Gasteiger partial charge >= 0.3 is 17.6 Å². The summed E-state index contributed by atoms with van der Waals surface area (Å²) in [5.74, 6) is -0.996. The number of halogens is 2. The van der Waals surface area contributed by atoms with Crippen molar-refractivity contribution in [2.45, 2.75) is 37.7 Å². The summed E-state index contributed by atoms with van der Waals surface area (Å²) < 4.78 is 17.5. The second kappa shape index (κ2) is 7.66. The van der Waals surface area contributed by atoms with Crippen molar-refractivity contribution in [3.8, 4) is 0 Å². The number of nitrogen functional groups attached to an aromatic ring is 1. The number of nitrogens with zero attached hydrogens (tertiary/aromatic N) is 2. The van der Waals surface area contributed by atoms with Gasteiger partial charge in [0.05, 0.1) is 3.57 Å². The molecular formula is C13H15ClIN3O6. The van der Waals surface area contributed by atoms with E-state index in [1.807, 2.05) is 22.6 Å². The average Bonchev–Trinajstić information content (AvgIpc) is 2.77. The summed E-state index contributed by atoms with van der Waals surface area (Å²) in [6.07, 6.45) is -1.21. The van der Waals surface area contributed by atoms with E-state index >= 15 is 0 Å². The van der Waals surface area contributed by atoms with E-state index in [0.29, 0.717) is 3.57 Å². The maximum Gasteiger partial charge on any atom is 0.351 e. The largest absolute Gasteiger partial charge is 0.463 e. The fraction of sp³-hybridized carbons (Fsp3) is 0.538. The molecule has 0 spiro atoms. The molecular weight excluding hydrogens is 457 g/mol. The number of carbonyl (C=O) groups is 2. The predicted octanol–water partition coefficient (Wildman–Crippen LogP) is 0.430. The van der Waals surface area contributed by atoms with Crippen LogP contribution >= 0.6 is 34.2 Å². The highest BCUT2D eigenvalue weighted by molar-refractivity contribution is 14.1. The molecule has 11 heteroatoms. The molecule has 2 N–H and O–H groups in total. The maximum absolute atomic E-state index is 12.1. The van der Waals surface area contributed by atoms with Crippen molar-refractivity contribution in [3.63, 3.8) is 0 Å². The second-order valence-corrected chi connectivity index (χ2v) is 6.72. The molecule has 0 amide bonds. The third-order valence-corrected chi connectivity index (χ3v) is 4.52. The van der Waals surface area contributed by atoms with Crippen molar-refractivity contribution in [1.29, 1.82) is 0 Å². The molecule has 1 fully saturated rings. The molecule has 0 aromatic carbocycles. The van der Waals surface area contributed by atoms with Gasteiger partial charge in [0.1, 0.15) is 23.9 Å². The molecule has 0 radical (unpaired) electrons. The summed E-state index contributed by atoms with van der Waals surface area (Å²) in [4.78, 5) is 38.0. The Labute approximate surface area is 155 Å². The van der Waals surface area contributed by atoms with Crippen molar-refractivity contribution >= 4 is 51.9 Å². The molecule has 24 heavy (non-hydrogen) atoms. The highest BCUT2D eigenvalue weighted by Gasteiger charge is 2.47. The number of anilines is 1. The van der Waals surface area contributed by atoms with Gasteiger partial charge in [-0.25, -0.2) is 4.79 Å². The van der Waals surface area contributed by atoms with Gasteiger partial charge in [0.2, 0.25) is 0 Å². The lowest BCUT2D eigenvalue weighted by molar-refractivity contribution is -0.155. The lowest BCUT2D eigenvalue weighted by Crippen LogP contribution is -2.36. The van der Waals surface area contributed by atoms with Gasteiger partial charge in [-0.15, -0.1) is 11.6 Å². The van der Waals surface area contributed by atoms with Crippen LogP contribution in [0, 0.1) is 3.57 Å². The minimum atomic E-state index is -0.953. The molecule has 0 saturated carbocycles. The molecule has 1 aliphatic heterocycles. The molecule has 1 saturated heterocycles. The molecule has 1 aliphatic rings. The van der Waals surface area contributed by atoms with Crippen LogP contribution in [0.2, 0.25) is 0 Å². The zero-order chi connectivity index (χ0) is 18.0. The van der Waals surface area contributed by atoms with Gasteiger partial charge in [0, 0.05) is 20.0 Å². The number of alkyl halides is 1. The number of hydrogen-bond donors (Lipinski definition) is 1. The maximum atomic E-state index is 12.1. The van der Waals surface area contributed by atoms with E-state index in [1.54, 1.807) is 0 Å². The van der Waals surface area contributed by atoms with Crippen LogP contribution in [0.1, 0.15) is 20.1 Å². The number of hydrogen-bond acceptors (Lipinski definition) is 8. The van der Waals surface area contributed by atoms with Crippen molar-refractivity contribution in [2.75, 3.05) is 12.3 Å². The Kier molecular flexibility index (Phi) is 6.04. The lowest BCUT2D eigenvalue weighted by Gasteiger charge is -2.19. The van der Waals surface area contributed by atoms with E-state index in [4.69, 9.17) is 31.5 Å². The smallest absolute Gasteiger partial charge is 0.351 e. The molecule has 0 aliphatic carbocycles. The van der Waals surface area contributed by atoms with E-state index in [-0.39, 0.29) is 12.4 Å². The summed E-state index contributed by atoms with van der Waals surface area (Å²) in [6.45, 7) is 2.29. The first-order valence-corrected chi connectivity index (χ1v) is 8.36. The lowest BCUT2D eigenvalue weighted by atomic mass is 10.1. The first kappa shape index (κ1) is 18.9. The molecule has 9 nitrogen and oxygen atoms in total. The summed E-state index contributed by atoms with van der Waals surface area (Å²) in [7, 11) is 0. The van der Waals surface area contributed by atoms with Gasteiger partial charge in [0.25, 0.3) is 0 Å². The van der Waals surface area contributed by atoms with E-state index in [9.17, 15) is 14.4 Å². The second-order valence-electron chi connectivity index (χ2n) is 5.05. The predicted molar refractivity (Wildman–Crippen MR) is 91.4 cm³/mol. The molecule has 1 aromatic heterocycles. The Balaban J connectivity index is 2.31. The monoisotopic (exact) mass is 471 g/mol. The van der Waals surface area contributed by atoms with Crippen LogP contribution in [-0.4, -0.2) is 45.7 Å².